The van der Waals surface area contributed by atoms with Gasteiger partial charge < -0.3 is 30.2 Å². The SMILES string of the molecule is O=C(CO)NC1COC(CCOc2c(F)ccc3nc(C(=O)NCc4cccc(Cl)c4)[nH]c(=O)c23)C1. The van der Waals surface area contributed by atoms with Gasteiger partial charge in [0.1, 0.15) is 12.0 Å². The number of aromatic nitrogens is 2. The number of benzene rings is 2. The molecule has 1 saturated heterocycles. The zero-order chi connectivity index (χ0) is 25.7. The van der Waals surface area contributed by atoms with E-state index in [9.17, 15) is 18.8 Å². The molecule has 12 heteroatoms. The highest BCUT2D eigenvalue weighted by molar-refractivity contribution is 6.30. The first kappa shape index (κ1) is 25.5. The molecule has 2 amide bonds. The van der Waals surface area contributed by atoms with Gasteiger partial charge in [0.2, 0.25) is 5.91 Å². The summed E-state index contributed by atoms with van der Waals surface area (Å²) in [5.41, 5.74) is 0.156. The number of hydrogen-bond acceptors (Lipinski definition) is 7. The van der Waals surface area contributed by atoms with E-state index in [4.69, 9.17) is 26.2 Å². The Morgan fingerprint density at radius 1 is 1.31 bits per heavy atom. The van der Waals surface area contributed by atoms with Crippen molar-refractivity contribution in [3.63, 3.8) is 0 Å². The van der Waals surface area contributed by atoms with E-state index in [-0.39, 0.29) is 47.8 Å². The van der Waals surface area contributed by atoms with Crippen LogP contribution in [0.1, 0.15) is 29.0 Å². The molecular formula is C24H24ClFN4O6. The third-order valence-corrected chi connectivity index (χ3v) is 5.85. The van der Waals surface area contributed by atoms with Gasteiger partial charge in [-0.3, -0.25) is 14.4 Å². The summed E-state index contributed by atoms with van der Waals surface area (Å²) in [6, 6.07) is 9.15. The van der Waals surface area contributed by atoms with E-state index in [1.807, 2.05) is 0 Å². The van der Waals surface area contributed by atoms with E-state index in [0.29, 0.717) is 24.5 Å². The van der Waals surface area contributed by atoms with Gasteiger partial charge in [-0.05, 0) is 36.2 Å². The molecule has 4 N–H and O–H groups in total. The number of aliphatic hydroxyl groups is 1. The number of carbonyl (C=O) groups is 2. The van der Waals surface area contributed by atoms with Crippen LogP contribution in [0.15, 0.2) is 41.2 Å². The number of hydrogen-bond donors (Lipinski definition) is 4. The maximum atomic E-state index is 14.5. The Hall–Kier alpha value is -3.54. The number of amides is 2. The highest BCUT2D eigenvalue weighted by atomic mass is 35.5. The maximum Gasteiger partial charge on any atom is 0.287 e. The smallest absolute Gasteiger partial charge is 0.287 e. The molecule has 0 radical (unpaired) electrons. The highest BCUT2D eigenvalue weighted by Crippen LogP contribution is 2.26. The van der Waals surface area contributed by atoms with Gasteiger partial charge >= 0.3 is 0 Å². The second-order valence-corrected chi connectivity index (χ2v) is 8.68. The molecule has 0 spiro atoms. The van der Waals surface area contributed by atoms with Gasteiger partial charge in [0.25, 0.3) is 11.5 Å². The predicted octanol–water partition coefficient (Wildman–Crippen LogP) is 1.68. The number of nitrogens with one attached hydrogen (secondary N) is 3. The second kappa shape index (κ2) is 11.5. The van der Waals surface area contributed by atoms with Gasteiger partial charge in [-0.2, -0.15) is 0 Å². The van der Waals surface area contributed by atoms with Gasteiger partial charge in [-0.1, -0.05) is 23.7 Å². The van der Waals surface area contributed by atoms with Gasteiger partial charge in [0, 0.05) is 18.0 Å². The van der Waals surface area contributed by atoms with Crippen molar-refractivity contribution in [1.82, 2.24) is 20.6 Å². The van der Waals surface area contributed by atoms with E-state index in [0.717, 1.165) is 11.6 Å². The van der Waals surface area contributed by atoms with Gasteiger partial charge in [0.05, 0.1) is 30.9 Å². The number of aromatic amines is 1. The molecule has 0 bridgehead atoms. The van der Waals surface area contributed by atoms with Crippen LogP contribution in [0.3, 0.4) is 0 Å². The van der Waals surface area contributed by atoms with Crippen molar-refractivity contribution in [2.45, 2.75) is 31.5 Å². The molecule has 0 saturated carbocycles. The summed E-state index contributed by atoms with van der Waals surface area (Å²) in [5.74, 6) is -2.32. The van der Waals surface area contributed by atoms with Crippen molar-refractivity contribution in [1.29, 1.82) is 0 Å². The lowest BCUT2D eigenvalue weighted by Crippen LogP contribution is -2.37. The maximum absolute atomic E-state index is 14.5. The zero-order valence-electron chi connectivity index (χ0n) is 19.1. The molecule has 3 aromatic rings. The quantitative estimate of drug-likeness (QED) is 0.337. The fraction of sp³-hybridized carbons (Fsp3) is 0.333. The third kappa shape index (κ3) is 6.17. The summed E-state index contributed by atoms with van der Waals surface area (Å²) in [6.45, 7) is -0.0847. The average molecular weight is 519 g/mol. The number of halogens is 2. The van der Waals surface area contributed by atoms with Crippen LogP contribution in [0, 0.1) is 5.82 Å². The lowest BCUT2D eigenvalue weighted by molar-refractivity contribution is -0.124. The van der Waals surface area contributed by atoms with Crippen molar-refractivity contribution in [3.05, 3.63) is 69.0 Å². The predicted molar refractivity (Wildman–Crippen MR) is 128 cm³/mol. The Bertz CT molecular complexity index is 1330. The molecule has 36 heavy (non-hydrogen) atoms. The molecule has 10 nitrogen and oxygen atoms in total. The van der Waals surface area contributed by atoms with Crippen molar-refractivity contribution >= 4 is 34.3 Å². The fourth-order valence-electron chi connectivity index (χ4n) is 3.91. The van der Waals surface area contributed by atoms with E-state index >= 15 is 0 Å². The molecule has 0 aliphatic carbocycles. The molecule has 2 aromatic carbocycles. The first-order valence-electron chi connectivity index (χ1n) is 11.2. The minimum Gasteiger partial charge on any atom is -0.489 e. The van der Waals surface area contributed by atoms with E-state index in [2.05, 4.69) is 20.6 Å². The number of rotatable bonds is 9. The number of H-pyrrole nitrogens is 1. The number of aliphatic hydroxyl groups excluding tert-OH is 1. The van der Waals surface area contributed by atoms with Gasteiger partial charge in [0.15, 0.2) is 17.4 Å². The molecule has 1 aromatic heterocycles. The topological polar surface area (TPSA) is 143 Å². The number of ether oxygens (including phenoxy) is 2. The fourth-order valence-corrected chi connectivity index (χ4v) is 4.13. The van der Waals surface area contributed by atoms with Crippen LogP contribution in [0.25, 0.3) is 10.9 Å². The second-order valence-electron chi connectivity index (χ2n) is 8.25. The minimum atomic E-state index is -0.742. The van der Waals surface area contributed by atoms with Crippen molar-refractivity contribution in [3.8, 4) is 5.75 Å². The first-order valence-corrected chi connectivity index (χ1v) is 11.6. The summed E-state index contributed by atoms with van der Waals surface area (Å²) in [5, 5.41) is 14.5. The third-order valence-electron chi connectivity index (χ3n) is 5.61. The molecule has 1 aliphatic rings. The van der Waals surface area contributed by atoms with E-state index in [1.165, 1.54) is 6.07 Å². The van der Waals surface area contributed by atoms with Crippen molar-refractivity contribution in [2.75, 3.05) is 19.8 Å². The standard InChI is InChI=1S/C24H24ClFN4O6/c25-14-3-1-2-13(8-14)10-27-24(34)22-29-18-5-4-17(26)21(20(18)23(33)30-22)35-7-6-16-9-15(12-36-16)28-19(32)11-31/h1-5,8,15-16,31H,6-7,9-12H2,(H,27,34)(H,28,32)(H,29,30,33). The Morgan fingerprint density at radius 3 is 2.92 bits per heavy atom. The number of fused-ring (bicyclic) bond motifs is 1. The summed E-state index contributed by atoms with van der Waals surface area (Å²) < 4.78 is 25.7. The van der Waals surface area contributed by atoms with E-state index < -0.39 is 29.8 Å². The normalized spacial score (nSPS) is 17.2. The monoisotopic (exact) mass is 518 g/mol. The zero-order valence-corrected chi connectivity index (χ0v) is 19.8. The van der Waals surface area contributed by atoms with Crippen LogP contribution in [0.4, 0.5) is 4.39 Å². The van der Waals surface area contributed by atoms with Crippen LogP contribution in [0.2, 0.25) is 5.02 Å². The molecule has 2 heterocycles. The number of carbonyl (C=O) groups excluding carboxylic acids is 2. The van der Waals surface area contributed by atoms with Crippen LogP contribution < -0.4 is 20.9 Å². The van der Waals surface area contributed by atoms with Crippen molar-refractivity contribution in [2.24, 2.45) is 0 Å². The van der Waals surface area contributed by atoms with Crippen LogP contribution in [-0.2, 0) is 16.1 Å². The van der Waals surface area contributed by atoms with Crippen LogP contribution in [-0.4, -0.2) is 58.9 Å². The molecule has 1 aliphatic heterocycles. The number of nitrogens with zero attached hydrogens (tertiary/aromatic N) is 1. The lowest BCUT2D eigenvalue weighted by atomic mass is 10.1. The summed E-state index contributed by atoms with van der Waals surface area (Å²) in [6.07, 6.45) is 0.665. The Kier molecular flexibility index (Phi) is 8.14. The Balaban J connectivity index is 1.41. The minimum absolute atomic E-state index is 0.0443. The first-order chi connectivity index (χ1) is 17.3. The average Bonchev–Trinajstić information content (AvgIpc) is 3.30. The molecule has 4 rings (SSSR count). The Morgan fingerprint density at radius 2 is 2.14 bits per heavy atom. The molecule has 2 atom stereocenters. The van der Waals surface area contributed by atoms with E-state index in [1.54, 1.807) is 24.3 Å². The molecule has 190 valence electrons. The Labute approximate surface area is 209 Å². The summed E-state index contributed by atoms with van der Waals surface area (Å²) >= 11 is 5.95. The van der Waals surface area contributed by atoms with Crippen molar-refractivity contribution < 1.29 is 28.6 Å². The van der Waals surface area contributed by atoms with Crippen LogP contribution >= 0.6 is 11.6 Å². The summed E-state index contributed by atoms with van der Waals surface area (Å²) in [7, 11) is 0. The van der Waals surface area contributed by atoms with Crippen LogP contribution in [0.5, 0.6) is 5.75 Å². The van der Waals surface area contributed by atoms with Gasteiger partial charge in [-0.15, -0.1) is 0 Å². The molecule has 1 fully saturated rings. The molecular weight excluding hydrogens is 495 g/mol. The van der Waals surface area contributed by atoms with Gasteiger partial charge in [-0.25, -0.2) is 9.37 Å². The molecule has 2 unspecified atom stereocenters. The highest BCUT2D eigenvalue weighted by Gasteiger charge is 2.27. The lowest BCUT2D eigenvalue weighted by Gasteiger charge is -2.13. The largest absolute Gasteiger partial charge is 0.489 e. The summed E-state index contributed by atoms with van der Waals surface area (Å²) in [4.78, 5) is 43.2.